The number of benzene rings is 4. The molecule has 0 aliphatic carbocycles. The quantitative estimate of drug-likeness (QED) is 0.292. The summed E-state index contributed by atoms with van der Waals surface area (Å²) in [5.41, 5.74) is 5.33. The Morgan fingerprint density at radius 1 is 0.846 bits per heavy atom. The number of aromatic nitrogens is 3. The van der Waals surface area contributed by atoms with E-state index in [-0.39, 0.29) is 19.2 Å². The smallest absolute Gasteiger partial charge is 0.322 e. The van der Waals surface area contributed by atoms with Gasteiger partial charge in [0.05, 0.1) is 17.8 Å². The van der Waals surface area contributed by atoms with E-state index in [9.17, 15) is 9.59 Å². The fraction of sp³-hybridized carbons (Fsp3) is 0.125. The standard InChI is InChI=1S/C31H25N5O2.CH4/c1-21-32-29-27-13-7-8-14-28(27)35(19-20-36(29)34-21)31(38)23-15-17-24(18-16-23)33-30(37)26-12-6-5-11-25(26)22-9-3-2-4-10-22;/h2-18H,19-20H2,1H3,(H,33,37,38);1H4/p+1. The second-order valence-corrected chi connectivity index (χ2v) is 9.20. The zero-order valence-corrected chi connectivity index (χ0v) is 20.9. The van der Waals surface area contributed by atoms with Gasteiger partial charge in [0, 0.05) is 23.7 Å². The molecule has 0 unspecified atom stereocenters. The van der Waals surface area contributed by atoms with Crippen molar-refractivity contribution in [2.45, 2.75) is 20.9 Å². The van der Waals surface area contributed by atoms with E-state index in [0.717, 1.165) is 34.0 Å². The first-order valence-electron chi connectivity index (χ1n) is 12.5. The summed E-state index contributed by atoms with van der Waals surface area (Å²) >= 11 is 0. The maximum Gasteiger partial charge on any atom is 0.353 e. The molecular formula is C32H30N5O2+. The number of carbonyl (C=O) groups excluding carboxylic acids is 2. The molecule has 194 valence electrons. The minimum absolute atomic E-state index is 0. The lowest BCUT2D eigenvalue weighted by Crippen LogP contribution is -2.43. The van der Waals surface area contributed by atoms with Gasteiger partial charge in [0.15, 0.2) is 0 Å². The van der Waals surface area contributed by atoms with E-state index >= 15 is 0 Å². The largest absolute Gasteiger partial charge is 0.353 e. The third kappa shape index (κ3) is 4.94. The zero-order valence-electron chi connectivity index (χ0n) is 20.9. The summed E-state index contributed by atoms with van der Waals surface area (Å²) in [5.74, 6) is 1.35. The van der Waals surface area contributed by atoms with Crippen LogP contribution in [0.15, 0.2) is 103 Å². The van der Waals surface area contributed by atoms with Crippen molar-refractivity contribution in [3.63, 3.8) is 0 Å². The molecule has 0 saturated carbocycles. The fourth-order valence-electron chi connectivity index (χ4n) is 4.89. The molecule has 1 aliphatic rings. The Kier molecular flexibility index (Phi) is 7.06. The summed E-state index contributed by atoms with van der Waals surface area (Å²) in [5, 5.41) is 6.23. The number of rotatable bonds is 4. The number of aromatic amines is 1. The van der Waals surface area contributed by atoms with Crippen molar-refractivity contribution in [3.05, 3.63) is 120 Å². The Morgan fingerprint density at radius 2 is 1.51 bits per heavy atom. The van der Waals surface area contributed by atoms with Gasteiger partial charge in [0.25, 0.3) is 11.8 Å². The van der Waals surface area contributed by atoms with Crippen molar-refractivity contribution in [2.24, 2.45) is 0 Å². The van der Waals surface area contributed by atoms with Gasteiger partial charge in [-0.3, -0.25) is 9.59 Å². The molecule has 2 heterocycles. The van der Waals surface area contributed by atoms with Gasteiger partial charge in [-0.2, -0.15) is 5.10 Å². The second-order valence-electron chi connectivity index (χ2n) is 9.20. The molecule has 39 heavy (non-hydrogen) atoms. The topological polar surface area (TPSA) is 82.0 Å². The summed E-state index contributed by atoms with van der Waals surface area (Å²) in [7, 11) is 0. The molecule has 6 rings (SSSR count). The number of fused-ring (bicyclic) bond motifs is 3. The predicted octanol–water partition coefficient (Wildman–Crippen LogP) is 5.89. The Bertz CT molecular complexity index is 1640. The highest BCUT2D eigenvalue weighted by atomic mass is 16.2. The number of carbonyl (C=O) groups is 2. The van der Waals surface area contributed by atoms with Gasteiger partial charge in [0.2, 0.25) is 5.82 Å². The summed E-state index contributed by atoms with van der Waals surface area (Å²) < 4.78 is 1.98. The number of H-pyrrole nitrogens is 1. The number of para-hydroxylation sites is 1. The minimum atomic E-state index is -0.203. The van der Waals surface area contributed by atoms with Gasteiger partial charge >= 0.3 is 5.82 Å². The average molecular weight is 517 g/mol. The third-order valence-electron chi connectivity index (χ3n) is 6.70. The van der Waals surface area contributed by atoms with E-state index in [1.807, 2.05) is 90.5 Å². The zero-order chi connectivity index (χ0) is 26.1. The van der Waals surface area contributed by atoms with Crippen LogP contribution in [0, 0.1) is 6.92 Å². The third-order valence-corrected chi connectivity index (χ3v) is 6.70. The molecule has 2 amide bonds. The lowest BCUT2D eigenvalue weighted by molar-refractivity contribution is -0.738. The molecule has 0 saturated heterocycles. The van der Waals surface area contributed by atoms with E-state index in [2.05, 4.69) is 15.4 Å². The number of hydrogen-bond donors (Lipinski definition) is 2. The number of nitrogens with zero attached hydrogens (tertiary/aromatic N) is 3. The maximum absolute atomic E-state index is 13.6. The highest BCUT2D eigenvalue weighted by Gasteiger charge is 2.31. The van der Waals surface area contributed by atoms with Gasteiger partial charge in [0.1, 0.15) is 6.54 Å². The van der Waals surface area contributed by atoms with Crippen molar-refractivity contribution >= 4 is 23.2 Å². The second kappa shape index (κ2) is 10.8. The van der Waals surface area contributed by atoms with Crippen molar-refractivity contribution in [2.75, 3.05) is 16.8 Å². The van der Waals surface area contributed by atoms with E-state index < -0.39 is 0 Å². The normalized spacial score (nSPS) is 12.0. The molecule has 1 aliphatic heterocycles. The first-order chi connectivity index (χ1) is 18.6. The molecule has 0 atom stereocenters. The van der Waals surface area contributed by atoms with Crippen molar-refractivity contribution < 1.29 is 14.3 Å². The minimum Gasteiger partial charge on any atom is -0.322 e. The van der Waals surface area contributed by atoms with Crippen LogP contribution in [0.2, 0.25) is 0 Å². The van der Waals surface area contributed by atoms with Crippen molar-refractivity contribution in [3.8, 4) is 22.5 Å². The van der Waals surface area contributed by atoms with Gasteiger partial charge in [-0.25, -0.2) is 0 Å². The summed E-state index contributed by atoms with van der Waals surface area (Å²) in [6, 6.07) is 32.2. The molecule has 0 bridgehead atoms. The van der Waals surface area contributed by atoms with Crippen LogP contribution in [0.5, 0.6) is 0 Å². The van der Waals surface area contributed by atoms with E-state index in [1.54, 1.807) is 29.2 Å². The molecule has 7 nitrogen and oxygen atoms in total. The monoisotopic (exact) mass is 516 g/mol. The Labute approximate surface area is 227 Å². The van der Waals surface area contributed by atoms with Crippen LogP contribution in [-0.2, 0) is 6.54 Å². The summed E-state index contributed by atoms with van der Waals surface area (Å²) in [6.45, 7) is 3.03. The van der Waals surface area contributed by atoms with Gasteiger partial charge in [-0.1, -0.05) is 68.1 Å². The van der Waals surface area contributed by atoms with Crippen LogP contribution >= 0.6 is 0 Å². The average Bonchev–Trinajstić information content (AvgIpc) is 3.27. The molecule has 2 N–H and O–H groups in total. The fourth-order valence-corrected chi connectivity index (χ4v) is 4.89. The lowest BCUT2D eigenvalue weighted by atomic mass is 9.99. The van der Waals surface area contributed by atoms with Crippen LogP contribution in [0.3, 0.4) is 0 Å². The first-order valence-corrected chi connectivity index (χ1v) is 12.5. The SMILES string of the molecule is C.Cc1nc2[n+]([nH]1)CCN(C(=O)c1ccc(NC(=O)c3ccccc3-c3ccccc3)cc1)c1ccccc1-2. The van der Waals surface area contributed by atoms with E-state index in [4.69, 9.17) is 0 Å². The van der Waals surface area contributed by atoms with Crippen LogP contribution in [0.4, 0.5) is 11.4 Å². The van der Waals surface area contributed by atoms with E-state index in [1.165, 1.54) is 0 Å². The van der Waals surface area contributed by atoms with Crippen LogP contribution < -0.4 is 14.9 Å². The number of amides is 2. The van der Waals surface area contributed by atoms with Crippen LogP contribution in [-0.4, -0.2) is 28.4 Å². The van der Waals surface area contributed by atoms with Gasteiger partial charge in [-0.15, -0.1) is 4.68 Å². The summed E-state index contributed by atoms with van der Waals surface area (Å²) in [6.07, 6.45) is 0. The van der Waals surface area contributed by atoms with Crippen molar-refractivity contribution in [1.29, 1.82) is 0 Å². The summed E-state index contributed by atoms with van der Waals surface area (Å²) in [4.78, 5) is 33.2. The molecule has 0 fully saturated rings. The van der Waals surface area contributed by atoms with E-state index in [0.29, 0.717) is 29.9 Å². The lowest BCUT2D eigenvalue weighted by Gasteiger charge is -2.21. The molecule has 1 aromatic heterocycles. The first kappa shape index (κ1) is 25.6. The Hall–Kier alpha value is -5.04. The Morgan fingerprint density at radius 3 is 2.28 bits per heavy atom. The molecule has 0 spiro atoms. The highest BCUT2D eigenvalue weighted by molar-refractivity contribution is 6.10. The van der Waals surface area contributed by atoms with Crippen LogP contribution in [0.1, 0.15) is 34.0 Å². The molecule has 4 aromatic carbocycles. The molecule has 0 radical (unpaired) electrons. The highest BCUT2D eigenvalue weighted by Crippen LogP contribution is 2.31. The Balaban J connectivity index is 0.00000308. The predicted molar refractivity (Wildman–Crippen MR) is 154 cm³/mol. The molecular weight excluding hydrogens is 486 g/mol. The van der Waals surface area contributed by atoms with Crippen molar-refractivity contribution in [1.82, 2.24) is 10.1 Å². The number of anilines is 2. The van der Waals surface area contributed by atoms with Gasteiger partial charge in [-0.05, 0) is 58.6 Å². The maximum atomic E-state index is 13.6. The molecule has 5 aromatic rings. The number of nitrogens with one attached hydrogen (secondary N) is 2. The van der Waals surface area contributed by atoms with Gasteiger partial charge < -0.3 is 10.2 Å². The van der Waals surface area contributed by atoms with Crippen LogP contribution in [0.25, 0.3) is 22.5 Å². The molecule has 7 heteroatoms. The number of aryl methyl sites for hydroxylation is 1. The number of hydrogen-bond acceptors (Lipinski definition) is 3.